The Balaban J connectivity index is 2.80. The lowest BCUT2D eigenvalue weighted by atomic mass is 9.82. The average Bonchev–Trinajstić information content (AvgIpc) is 2.29. The van der Waals surface area contributed by atoms with Gasteiger partial charge in [0.2, 0.25) is 0 Å². The van der Waals surface area contributed by atoms with Crippen molar-refractivity contribution in [3.63, 3.8) is 0 Å². The molecule has 0 saturated heterocycles. The lowest BCUT2D eigenvalue weighted by Crippen LogP contribution is -2.51. The van der Waals surface area contributed by atoms with Gasteiger partial charge in [-0.2, -0.15) is 0 Å². The third-order valence-electron chi connectivity index (χ3n) is 3.06. The molecule has 0 amide bonds. The summed E-state index contributed by atoms with van der Waals surface area (Å²) < 4.78 is 6.70. The van der Waals surface area contributed by atoms with E-state index >= 15 is 0 Å². The molecule has 0 fully saturated rings. The van der Waals surface area contributed by atoms with Crippen molar-refractivity contribution in [3.05, 3.63) is 34.3 Å². The first-order valence-electron chi connectivity index (χ1n) is 6.12. The number of halogens is 1. The van der Waals surface area contributed by atoms with Crippen molar-refractivity contribution in [3.8, 4) is 0 Å². The molecule has 0 aliphatic rings. The van der Waals surface area contributed by atoms with Crippen LogP contribution in [0.25, 0.3) is 0 Å². The molecule has 18 heavy (non-hydrogen) atoms. The quantitative estimate of drug-likeness (QED) is 0.649. The molecule has 2 unspecified atom stereocenters. The van der Waals surface area contributed by atoms with Crippen LogP contribution >= 0.6 is 15.9 Å². The van der Waals surface area contributed by atoms with Gasteiger partial charge in [0, 0.05) is 11.6 Å². The molecule has 4 heteroatoms. The summed E-state index contributed by atoms with van der Waals surface area (Å²) in [5.41, 5.74) is 4.17. The average molecular weight is 315 g/mol. The van der Waals surface area contributed by atoms with E-state index in [1.807, 2.05) is 12.1 Å². The van der Waals surface area contributed by atoms with Crippen LogP contribution in [0.1, 0.15) is 26.3 Å². The molecule has 0 saturated carbocycles. The summed E-state index contributed by atoms with van der Waals surface area (Å²) in [6, 6.07) is 8.38. The molecule has 0 aliphatic carbocycles. The summed E-state index contributed by atoms with van der Waals surface area (Å²) in [6.45, 7) is 6.48. The Bertz CT molecular complexity index is 359. The number of methoxy groups -OCH3 is 1. The van der Waals surface area contributed by atoms with Crippen LogP contribution in [0.3, 0.4) is 0 Å². The summed E-state index contributed by atoms with van der Waals surface area (Å²) in [5, 5.41) is 0. The second kappa shape index (κ2) is 6.66. The Morgan fingerprint density at radius 3 is 2.22 bits per heavy atom. The molecular formula is C14H23BrN2O. The van der Waals surface area contributed by atoms with Crippen LogP contribution in [0.4, 0.5) is 0 Å². The zero-order valence-electron chi connectivity index (χ0n) is 11.5. The van der Waals surface area contributed by atoms with Crippen molar-refractivity contribution < 1.29 is 4.74 Å². The van der Waals surface area contributed by atoms with Gasteiger partial charge in [-0.3, -0.25) is 11.3 Å². The van der Waals surface area contributed by atoms with Crippen LogP contribution in [0.2, 0.25) is 0 Å². The van der Waals surface area contributed by atoms with Crippen molar-refractivity contribution in [2.45, 2.75) is 39.3 Å². The zero-order chi connectivity index (χ0) is 13.8. The van der Waals surface area contributed by atoms with Crippen LogP contribution < -0.4 is 11.3 Å². The standard InChI is InChI=1S/C14H23BrN2O/c1-14(2,3)13(18-4)12(17-16)9-10-5-7-11(15)8-6-10/h5-8,12-13,17H,9,16H2,1-4H3. The van der Waals surface area contributed by atoms with E-state index in [1.165, 1.54) is 5.56 Å². The molecule has 0 aliphatic heterocycles. The minimum absolute atomic E-state index is 0.0428. The molecular weight excluding hydrogens is 292 g/mol. The van der Waals surface area contributed by atoms with E-state index in [-0.39, 0.29) is 17.6 Å². The molecule has 0 bridgehead atoms. The van der Waals surface area contributed by atoms with Gasteiger partial charge in [0.15, 0.2) is 0 Å². The SMILES string of the molecule is COC(C(Cc1ccc(Br)cc1)NN)C(C)(C)C. The van der Waals surface area contributed by atoms with Crippen LogP contribution in [-0.2, 0) is 11.2 Å². The predicted molar refractivity (Wildman–Crippen MR) is 79.2 cm³/mol. The monoisotopic (exact) mass is 314 g/mol. The lowest BCUT2D eigenvalue weighted by molar-refractivity contribution is -0.0110. The Morgan fingerprint density at radius 2 is 1.83 bits per heavy atom. The van der Waals surface area contributed by atoms with E-state index in [2.05, 4.69) is 54.3 Å². The number of hydrazine groups is 1. The minimum Gasteiger partial charge on any atom is -0.379 e. The minimum atomic E-state index is 0.0428. The maximum absolute atomic E-state index is 5.68. The van der Waals surface area contributed by atoms with E-state index in [0.717, 1.165) is 10.9 Å². The number of nitrogens with one attached hydrogen (secondary N) is 1. The molecule has 0 aromatic heterocycles. The maximum Gasteiger partial charge on any atom is 0.0789 e. The van der Waals surface area contributed by atoms with E-state index in [9.17, 15) is 0 Å². The second-order valence-corrected chi connectivity index (χ2v) is 6.54. The van der Waals surface area contributed by atoms with Crippen molar-refractivity contribution in [2.75, 3.05) is 7.11 Å². The van der Waals surface area contributed by atoms with Crippen LogP contribution in [0.15, 0.2) is 28.7 Å². The highest BCUT2D eigenvalue weighted by Crippen LogP contribution is 2.26. The fraction of sp³-hybridized carbons (Fsp3) is 0.571. The van der Waals surface area contributed by atoms with Crippen LogP contribution in [0.5, 0.6) is 0 Å². The van der Waals surface area contributed by atoms with Crippen LogP contribution in [-0.4, -0.2) is 19.3 Å². The Hall–Kier alpha value is -0.420. The number of rotatable bonds is 5. The summed E-state index contributed by atoms with van der Waals surface area (Å²) in [4.78, 5) is 0. The molecule has 2 atom stereocenters. The molecule has 1 aromatic rings. The zero-order valence-corrected chi connectivity index (χ0v) is 13.1. The first-order chi connectivity index (χ1) is 8.38. The molecule has 3 nitrogen and oxygen atoms in total. The second-order valence-electron chi connectivity index (χ2n) is 5.63. The largest absolute Gasteiger partial charge is 0.379 e. The molecule has 0 spiro atoms. The van der Waals surface area contributed by atoms with E-state index < -0.39 is 0 Å². The van der Waals surface area contributed by atoms with E-state index in [1.54, 1.807) is 7.11 Å². The van der Waals surface area contributed by atoms with Crippen molar-refractivity contribution >= 4 is 15.9 Å². The lowest BCUT2D eigenvalue weighted by Gasteiger charge is -2.35. The van der Waals surface area contributed by atoms with Crippen molar-refractivity contribution in [1.82, 2.24) is 5.43 Å². The highest BCUT2D eigenvalue weighted by molar-refractivity contribution is 9.10. The van der Waals surface area contributed by atoms with Gasteiger partial charge in [-0.25, -0.2) is 0 Å². The molecule has 3 N–H and O–H groups in total. The van der Waals surface area contributed by atoms with Gasteiger partial charge in [-0.05, 0) is 29.5 Å². The number of hydrogen-bond acceptors (Lipinski definition) is 3. The van der Waals surface area contributed by atoms with Gasteiger partial charge >= 0.3 is 0 Å². The summed E-state index contributed by atoms with van der Waals surface area (Å²) >= 11 is 3.44. The highest BCUT2D eigenvalue weighted by atomic mass is 79.9. The van der Waals surface area contributed by atoms with Gasteiger partial charge in [0.05, 0.1) is 12.1 Å². The molecule has 1 aromatic carbocycles. The Morgan fingerprint density at radius 1 is 1.28 bits per heavy atom. The predicted octanol–water partition coefficient (Wildman–Crippen LogP) is 2.88. The van der Waals surface area contributed by atoms with Crippen LogP contribution in [0, 0.1) is 5.41 Å². The molecule has 1 rings (SSSR count). The van der Waals surface area contributed by atoms with Gasteiger partial charge in [-0.1, -0.05) is 48.8 Å². The summed E-state index contributed by atoms with van der Waals surface area (Å²) in [7, 11) is 1.74. The third kappa shape index (κ3) is 4.35. The smallest absolute Gasteiger partial charge is 0.0789 e. The number of ether oxygens (including phenoxy) is 1. The first-order valence-corrected chi connectivity index (χ1v) is 6.91. The van der Waals surface area contributed by atoms with Crippen molar-refractivity contribution in [1.29, 1.82) is 0 Å². The van der Waals surface area contributed by atoms with Gasteiger partial charge in [-0.15, -0.1) is 0 Å². The topological polar surface area (TPSA) is 47.3 Å². The maximum atomic E-state index is 5.68. The normalized spacial score (nSPS) is 15.4. The fourth-order valence-electron chi connectivity index (χ4n) is 2.25. The van der Waals surface area contributed by atoms with Crippen molar-refractivity contribution in [2.24, 2.45) is 11.3 Å². The number of hydrogen-bond donors (Lipinski definition) is 2. The summed E-state index contributed by atoms with van der Waals surface area (Å²) in [5.74, 6) is 5.68. The Kier molecular flexibility index (Phi) is 5.79. The molecule has 0 heterocycles. The van der Waals surface area contributed by atoms with Gasteiger partial charge in [0.25, 0.3) is 0 Å². The van der Waals surface area contributed by atoms with E-state index in [4.69, 9.17) is 10.6 Å². The fourth-order valence-corrected chi connectivity index (χ4v) is 2.51. The molecule has 102 valence electrons. The van der Waals surface area contributed by atoms with Gasteiger partial charge in [0.1, 0.15) is 0 Å². The van der Waals surface area contributed by atoms with E-state index in [0.29, 0.717) is 0 Å². The summed E-state index contributed by atoms with van der Waals surface area (Å²) in [6.07, 6.45) is 0.908. The molecule has 0 radical (unpaired) electrons. The number of benzene rings is 1. The highest BCUT2D eigenvalue weighted by Gasteiger charge is 2.31. The Labute approximate surface area is 118 Å². The van der Waals surface area contributed by atoms with Gasteiger partial charge < -0.3 is 4.74 Å². The third-order valence-corrected chi connectivity index (χ3v) is 3.58. The number of nitrogens with two attached hydrogens (primary N) is 1. The first kappa shape index (κ1) is 15.6.